The van der Waals surface area contributed by atoms with E-state index in [9.17, 15) is 14.0 Å². The Morgan fingerprint density at radius 1 is 1.26 bits per heavy atom. The summed E-state index contributed by atoms with van der Waals surface area (Å²) >= 11 is 0. The van der Waals surface area contributed by atoms with Crippen LogP contribution in [-0.4, -0.2) is 42.1 Å². The minimum Gasteiger partial charge on any atom is -0.481 e. The van der Waals surface area contributed by atoms with E-state index in [4.69, 9.17) is 5.11 Å². The van der Waals surface area contributed by atoms with Crippen molar-refractivity contribution in [1.82, 2.24) is 4.90 Å². The maximum Gasteiger partial charge on any atom is 0.324 e. The van der Waals surface area contributed by atoms with Crippen LogP contribution in [0.4, 0.5) is 14.9 Å². The van der Waals surface area contributed by atoms with Crippen molar-refractivity contribution in [3.05, 3.63) is 30.1 Å². The second-order valence-corrected chi connectivity index (χ2v) is 4.04. The van der Waals surface area contributed by atoms with Crippen LogP contribution in [0.3, 0.4) is 0 Å². The van der Waals surface area contributed by atoms with Crippen LogP contribution < -0.4 is 4.90 Å². The van der Waals surface area contributed by atoms with Crippen LogP contribution in [0, 0.1) is 5.82 Å². The van der Waals surface area contributed by atoms with E-state index < -0.39 is 5.97 Å². The number of carbonyl (C=O) groups is 2. The van der Waals surface area contributed by atoms with Crippen LogP contribution in [0.1, 0.15) is 13.3 Å². The van der Waals surface area contributed by atoms with E-state index in [0.29, 0.717) is 12.2 Å². The number of aliphatic carboxylic acids is 1. The Labute approximate surface area is 111 Å². The van der Waals surface area contributed by atoms with E-state index in [2.05, 4.69) is 0 Å². The first-order valence-corrected chi connectivity index (χ1v) is 5.95. The minimum atomic E-state index is -0.948. The Hall–Kier alpha value is -2.11. The number of urea groups is 1. The number of benzene rings is 1. The first-order chi connectivity index (χ1) is 8.95. The van der Waals surface area contributed by atoms with E-state index in [1.807, 2.05) is 0 Å². The highest BCUT2D eigenvalue weighted by atomic mass is 19.1. The van der Waals surface area contributed by atoms with Crippen molar-refractivity contribution in [2.75, 3.05) is 25.0 Å². The van der Waals surface area contributed by atoms with Crippen molar-refractivity contribution in [3.8, 4) is 0 Å². The summed E-state index contributed by atoms with van der Waals surface area (Å²) in [6, 6.07) is 5.23. The second kappa shape index (κ2) is 6.72. The average molecular weight is 268 g/mol. The zero-order chi connectivity index (χ0) is 14.4. The number of carboxylic acids is 1. The molecular weight excluding hydrogens is 251 g/mol. The third-order valence-corrected chi connectivity index (χ3v) is 2.75. The number of anilines is 1. The fraction of sp³-hybridized carbons (Fsp3) is 0.385. The molecule has 6 heteroatoms. The van der Waals surface area contributed by atoms with E-state index in [0.717, 1.165) is 0 Å². The van der Waals surface area contributed by atoms with E-state index in [-0.39, 0.29) is 24.8 Å². The minimum absolute atomic E-state index is 0.100. The lowest BCUT2D eigenvalue weighted by Crippen LogP contribution is -2.42. The first kappa shape index (κ1) is 14.9. The fourth-order valence-corrected chi connectivity index (χ4v) is 1.61. The number of carbonyl (C=O) groups excluding carboxylic acids is 1. The van der Waals surface area contributed by atoms with Gasteiger partial charge in [-0.15, -0.1) is 0 Å². The molecule has 19 heavy (non-hydrogen) atoms. The molecule has 1 rings (SSSR count). The molecule has 0 aliphatic carbocycles. The van der Waals surface area contributed by atoms with Gasteiger partial charge in [0.25, 0.3) is 0 Å². The van der Waals surface area contributed by atoms with Crippen molar-refractivity contribution in [1.29, 1.82) is 0 Å². The SMILES string of the molecule is CCN(CCC(=O)O)C(=O)N(C)c1ccc(F)cc1. The van der Waals surface area contributed by atoms with Gasteiger partial charge in [-0.1, -0.05) is 0 Å². The quantitative estimate of drug-likeness (QED) is 0.890. The molecule has 0 bridgehead atoms. The first-order valence-electron chi connectivity index (χ1n) is 5.95. The van der Waals surface area contributed by atoms with E-state index in [1.165, 1.54) is 34.1 Å². The predicted molar refractivity (Wildman–Crippen MR) is 69.7 cm³/mol. The number of halogens is 1. The molecule has 2 amide bonds. The van der Waals surface area contributed by atoms with Gasteiger partial charge in [0, 0.05) is 25.8 Å². The number of hydrogen-bond donors (Lipinski definition) is 1. The molecule has 0 fully saturated rings. The van der Waals surface area contributed by atoms with Gasteiger partial charge in [-0.25, -0.2) is 9.18 Å². The van der Waals surface area contributed by atoms with E-state index >= 15 is 0 Å². The van der Waals surface area contributed by atoms with Crippen molar-refractivity contribution >= 4 is 17.7 Å². The Bertz CT molecular complexity index is 448. The lowest BCUT2D eigenvalue weighted by molar-refractivity contribution is -0.137. The molecule has 0 radical (unpaired) electrons. The molecule has 1 aromatic carbocycles. The van der Waals surface area contributed by atoms with Gasteiger partial charge >= 0.3 is 12.0 Å². The molecule has 0 aliphatic heterocycles. The molecular formula is C13H17FN2O3. The smallest absolute Gasteiger partial charge is 0.324 e. The Kier molecular flexibility index (Phi) is 5.29. The highest BCUT2D eigenvalue weighted by Gasteiger charge is 2.18. The van der Waals surface area contributed by atoms with Gasteiger partial charge in [-0.3, -0.25) is 9.69 Å². The third kappa shape index (κ3) is 4.24. The van der Waals surface area contributed by atoms with Crippen LogP contribution in [-0.2, 0) is 4.79 Å². The summed E-state index contributed by atoms with van der Waals surface area (Å²) in [5, 5.41) is 8.63. The number of amides is 2. The molecule has 0 unspecified atom stereocenters. The third-order valence-electron chi connectivity index (χ3n) is 2.75. The van der Waals surface area contributed by atoms with Crippen LogP contribution in [0.2, 0.25) is 0 Å². The molecule has 0 aliphatic rings. The topological polar surface area (TPSA) is 60.9 Å². The molecule has 0 atom stereocenters. The molecule has 0 heterocycles. The molecule has 0 aromatic heterocycles. The van der Waals surface area contributed by atoms with Gasteiger partial charge in [-0.05, 0) is 31.2 Å². The maximum absolute atomic E-state index is 12.8. The molecule has 1 N–H and O–H groups in total. The summed E-state index contributed by atoms with van der Waals surface area (Å²) in [6.07, 6.45) is -0.100. The highest BCUT2D eigenvalue weighted by molar-refractivity contribution is 5.91. The van der Waals surface area contributed by atoms with Crippen molar-refractivity contribution in [2.24, 2.45) is 0 Å². The van der Waals surface area contributed by atoms with Crippen LogP contribution in [0.5, 0.6) is 0 Å². The standard InChI is InChI=1S/C13H17FN2O3/c1-3-16(9-8-12(17)18)13(19)15(2)11-6-4-10(14)5-7-11/h4-7H,3,8-9H2,1-2H3,(H,17,18). The van der Waals surface area contributed by atoms with Crippen LogP contribution in [0.15, 0.2) is 24.3 Å². The lowest BCUT2D eigenvalue weighted by atomic mass is 10.3. The van der Waals surface area contributed by atoms with Crippen LogP contribution in [0.25, 0.3) is 0 Å². The summed E-state index contributed by atoms with van der Waals surface area (Å²) in [6.45, 7) is 2.34. The monoisotopic (exact) mass is 268 g/mol. The number of hydrogen-bond acceptors (Lipinski definition) is 2. The van der Waals surface area contributed by atoms with Gasteiger partial charge in [0.05, 0.1) is 6.42 Å². The van der Waals surface area contributed by atoms with Gasteiger partial charge in [-0.2, -0.15) is 0 Å². The summed E-state index contributed by atoms with van der Waals surface area (Å²) in [5.41, 5.74) is 0.556. The molecule has 0 saturated heterocycles. The summed E-state index contributed by atoms with van der Waals surface area (Å²) in [4.78, 5) is 25.5. The van der Waals surface area contributed by atoms with E-state index in [1.54, 1.807) is 14.0 Å². The number of rotatable bonds is 5. The normalized spacial score (nSPS) is 10.1. The summed E-state index contributed by atoms with van der Waals surface area (Å²) < 4.78 is 12.8. The summed E-state index contributed by atoms with van der Waals surface area (Å²) in [7, 11) is 1.57. The predicted octanol–water partition coefficient (Wildman–Crippen LogP) is 2.18. The molecule has 0 saturated carbocycles. The number of carboxylic acid groups (broad SMARTS) is 1. The molecule has 1 aromatic rings. The molecule has 104 valence electrons. The number of nitrogens with zero attached hydrogens (tertiary/aromatic N) is 2. The van der Waals surface area contributed by atoms with Crippen molar-refractivity contribution in [3.63, 3.8) is 0 Å². The average Bonchev–Trinajstić information content (AvgIpc) is 2.39. The summed E-state index contributed by atoms with van der Waals surface area (Å²) in [5.74, 6) is -1.32. The Morgan fingerprint density at radius 2 is 1.84 bits per heavy atom. The Morgan fingerprint density at radius 3 is 2.32 bits per heavy atom. The zero-order valence-corrected chi connectivity index (χ0v) is 11.0. The van der Waals surface area contributed by atoms with Crippen LogP contribution >= 0.6 is 0 Å². The molecule has 5 nitrogen and oxygen atoms in total. The highest BCUT2D eigenvalue weighted by Crippen LogP contribution is 2.15. The van der Waals surface area contributed by atoms with Crippen molar-refractivity contribution in [2.45, 2.75) is 13.3 Å². The van der Waals surface area contributed by atoms with Gasteiger partial charge < -0.3 is 10.0 Å². The Balaban J connectivity index is 2.73. The van der Waals surface area contributed by atoms with Crippen molar-refractivity contribution < 1.29 is 19.1 Å². The lowest BCUT2D eigenvalue weighted by Gasteiger charge is -2.26. The zero-order valence-electron chi connectivity index (χ0n) is 11.0. The maximum atomic E-state index is 12.8. The van der Waals surface area contributed by atoms with Gasteiger partial charge in [0.15, 0.2) is 0 Å². The largest absolute Gasteiger partial charge is 0.481 e. The van der Waals surface area contributed by atoms with Gasteiger partial charge in [0.2, 0.25) is 0 Å². The van der Waals surface area contributed by atoms with Gasteiger partial charge in [0.1, 0.15) is 5.82 Å². The molecule has 0 spiro atoms. The fourth-order valence-electron chi connectivity index (χ4n) is 1.61. The second-order valence-electron chi connectivity index (χ2n) is 4.04.